The molecule has 6 nitrogen and oxygen atoms in total. The van der Waals surface area contributed by atoms with Gasteiger partial charge in [0.15, 0.2) is 4.80 Å². The number of halogens is 1. The molecule has 0 unspecified atom stereocenters. The van der Waals surface area contributed by atoms with Crippen molar-refractivity contribution in [3.05, 3.63) is 70.5 Å². The number of aromatic nitrogens is 1. The average molecular weight is 490 g/mol. The van der Waals surface area contributed by atoms with E-state index in [0.717, 1.165) is 35.9 Å². The van der Waals surface area contributed by atoms with E-state index in [1.165, 1.54) is 35.6 Å². The third-order valence-corrected chi connectivity index (χ3v) is 8.73. The number of thiazole rings is 1. The number of carbonyl (C=O) groups excluding carboxylic acids is 1. The van der Waals surface area contributed by atoms with Crippen molar-refractivity contribution in [2.45, 2.75) is 37.1 Å². The van der Waals surface area contributed by atoms with E-state index in [1.54, 1.807) is 16.4 Å². The Bertz CT molecular complexity index is 1320. The molecule has 32 heavy (non-hydrogen) atoms. The van der Waals surface area contributed by atoms with Crippen LogP contribution in [0.5, 0.6) is 0 Å². The Labute approximate surface area is 196 Å². The zero-order valence-electron chi connectivity index (χ0n) is 17.5. The summed E-state index contributed by atoms with van der Waals surface area (Å²) in [7, 11) is -3.56. The van der Waals surface area contributed by atoms with E-state index < -0.39 is 15.9 Å². The van der Waals surface area contributed by atoms with E-state index in [0.29, 0.717) is 35.0 Å². The van der Waals surface area contributed by atoms with Crippen molar-refractivity contribution in [2.75, 3.05) is 13.1 Å². The van der Waals surface area contributed by atoms with Crippen LogP contribution in [0.3, 0.4) is 0 Å². The Balaban J connectivity index is 1.65. The van der Waals surface area contributed by atoms with Gasteiger partial charge in [-0.25, -0.2) is 8.42 Å². The van der Waals surface area contributed by atoms with Crippen LogP contribution < -0.4 is 4.80 Å². The molecule has 1 aromatic heterocycles. The molecule has 0 N–H and O–H groups in total. The van der Waals surface area contributed by atoms with Gasteiger partial charge in [0.2, 0.25) is 10.0 Å². The Morgan fingerprint density at radius 3 is 2.44 bits per heavy atom. The third-order valence-electron chi connectivity index (χ3n) is 5.46. The number of hydrogen-bond acceptors (Lipinski definition) is 4. The SMILES string of the molecule is C=CCn1c(=NC(=O)c2ccc(S(=O)(=O)N3CCCCCC3)cc2)sc2cccc(Cl)c21. The molecule has 1 saturated heterocycles. The highest BCUT2D eigenvalue weighted by atomic mass is 35.5. The van der Waals surface area contributed by atoms with E-state index in [-0.39, 0.29) is 4.90 Å². The molecule has 0 radical (unpaired) electrons. The number of para-hydroxylation sites is 1. The number of hydrogen-bond donors (Lipinski definition) is 0. The summed E-state index contributed by atoms with van der Waals surface area (Å²) in [6, 6.07) is 11.6. The van der Waals surface area contributed by atoms with Crippen molar-refractivity contribution in [1.82, 2.24) is 8.87 Å². The van der Waals surface area contributed by atoms with Crippen molar-refractivity contribution in [2.24, 2.45) is 4.99 Å². The molecule has 2 heterocycles. The van der Waals surface area contributed by atoms with Gasteiger partial charge < -0.3 is 4.57 Å². The minimum absolute atomic E-state index is 0.200. The minimum atomic E-state index is -3.56. The van der Waals surface area contributed by atoms with Gasteiger partial charge in [0.1, 0.15) is 0 Å². The molecule has 1 aliphatic heterocycles. The molecular formula is C23H24ClN3O3S2. The smallest absolute Gasteiger partial charge is 0.279 e. The van der Waals surface area contributed by atoms with Gasteiger partial charge in [-0.2, -0.15) is 9.30 Å². The molecule has 1 aliphatic rings. The molecule has 0 saturated carbocycles. The lowest BCUT2D eigenvalue weighted by Gasteiger charge is -2.19. The van der Waals surface area contributed by atoms with Crippen LogP contribution in [-0.4, -0.2) is 36.3 Å². The van der Waals surface area contributed by atoms with Crippen LogP contribution in [0.1, 0.15) is 36.0 Å². The molecule has 2 aromatic carbocycles. The standard InChI is InChI=1S/C23H24ClN3O3S2/c1-2-14-27-21-19(24)8-7-9-20(21)31-23(27)25-22(28)17-10-12-18(13-11-17)32(29,30)26-15-5-3-4-6-16-26/h2,7-13H,1,3-6,14-16H2. The van der Waals surface area contributed by atoms with Gasteiger partial charge in [0.25, 0.3) is 5.91 Å². The molecule has 168 valence electrons. The Kier molecular flexibility index (Phi) is 6.95. The zero-order chi connectivity index (χ0) is 22.7. The number of sulfonamides is 1. The molecule has 9 heteroatoms. The fourth-order valence-corrected chi connectivity index (χ4v) is 6.74. The molecule has 1 fully saturated rings. The largest absolute Gasteiger partial charge is 0.311 e. The monoisotopic (exact) mass is 489 g/mol. The van der Waals surface area contributed by atoms with Gasteiger partial charge in [-0.1, -0.05) is 47.9 Å². The normalized spacial score (nSPS) is 16.2. The van der Waals surface area contributed by atoms with E-state index in [9.17, 15) is 13.2 Å². The Hall–Kier alpha value is -2.26. The van der Waals surface area contributed by atoms with Crippen LogP contribution in [0.25, 0.3) is 10.2 Å². The second-order valence-electron chi connectivity index (χ2n) is 7.63. The fraction of sp³-hybridized carbons (Fsp3) is 0.304. The van der Waals surface area contributed by atoms with Crippen molar-refractivity contribution in [3.63, 3.8) is 0 Å². The number of nitrogens with zero attached hydrogens (tertiary/aromatic N) is 3. The van der Waals surface area contributed by atoms with Crippen LogP contribution in [0, 0.1) is 0 Å². The predicted octanol–water partition coefficient (Wildman–Crippen LogP) is 4.85. The van der Waals surface area contributed by atoms with Crippen LogP contribution in [0.2, 0.25) is 5.02 Å². The van der Waals surface area contributed by atoms with E-state index >= 15 is 0 Å². The lowest BCUT2D eigenvalue weighted by Crippen LogP contribution is -2.31. The molecule has 0 spiro atoms. The maximum atomic E-state index is 13.0. The summed E-state index contributed by atoms with van der Waals surface area (Å²) in [5.74, 6) is -0.441. The maximum absolute atomic E-state index is 13.0. The third kappa shape index (κ3) is 4.59. The summed E-state index contributed by atoms with van der Waals surface area (Å²) < 4.78 is 30.2. The Morgan fingerprint density at radius 2 is 1.78 bits per heavy atom. The molecule has 0 bridgehead atoms. The molecule has 0 aliphatic carbocycles. The topological polar surface area (TPSA) is 71.7 Å². The van der Waals surface area contributed by atoms with Gasteiger partial charge in [0, 0.05) is 25.2 Å². The molecule has 3 aromatic rings. The van der Waals surface area contributed by atoms with Crippen molar-refractivity contribution < 1.29 is 13.2 Å². The summed E-state index contributed by atoms with van der Waals surface area (Å²) in [6.45, 7) is 5.32. The van der Waals surface area contributed by atoms with Crippen molar-refractivity contribution in [3.8, 4) is 0 Å². The van der Waals surface area contributed by atoms with Gasteiger partial charge >= 0.3 is 0 Å². The first-order chi connectivity index (χ1) is 15.4. The fourth-order valence-electron chi connectivity index (χ4n) is 3.82. The number of allylic oxidation sites excluding steroid dienone is 1. The van der Waals surface area contributed by atoms with Crippen LogP contribution in [0.15, 0.2) is 65.0 Å². The first-order valence-corrected chi connectivity index (χ1v) is 13.1. The summed E-state index contributed by atoms with van der Waals surface area (Å²) in [6.07, 6.45) is 5.57. The lowest BCUT2D eigenvalue weighted by atomic mass is 10.2. The quantitative estimate of drug-likeness (QED) is 0.481. The van der Waals surface area contributed by atoms with Gasteiger partial charge in [-0.05, 0) is 49.2 Å². The molecule has 0 atom stereocenters. The van der Waals surface area contributed by atoms with Gasteiger partial charge in [0.05, 0.1) is 20.1 Å². The predicted molar refractivity (Wildman–Crippen MR) is 129 cm³/mol. The van der Waals surface area contributed by atoms with Crippen LogP contribution in [-0.2, 0) is 16.6 Å². The maximum Gasteiger partial charge on any atom is 0.279 e. The highest BCUT2D eigenvalue weighted by Crippen LogP contribution is 2.25. The highest BCUT2D eigenvalue weighted by Gasteiger charge is 2.25. The van der Waals surface area contributed by atoms with Gasteiger partial charge in [-0.3, -0.25) is 4.79 Å². The van der Waals surface area contributed by atoms with Crippen LogP contribution in [0.4, 0.5) is 0 Å². The number of benzene rings is 2. The highest BCUT2D eigenvalue weighted by molar-refractivity contribution is 7.89. The number of fused-ring (bicyclic) bond motifs is 1. The first-order valence-electron chi connectivity index (χ1n) is 10.5. The number of rotatable bonds is 5. The molecule has 1 amide bonds. The number of amides is 1. The minimum Gasteiger partial charge on any atom is -0.311 e. The number of carbonyl (C=O) groups is 1. The molecular weight excluding hydrogens is 466 g/mol. The Morgan fingerprint density at radius 1 is 1.09 bits per heavy atom. The second kappa shape index (κ2) is 9.70. The lowest BCUT2D eigenvalue weighted by molar-refractivity contribution is 0.0997. The average Bonchev–Trinajstić information content (AvgIpc) is 2.94. The summed E-state index contributed by atoms with van der Waals surface area (Å²) in [4.78, 5) is 17.9. The second-order valence-corrected chi connectivity index (χ2v) is 11.0. The van der Waals surface area contributed by atoms with E-state index in [4.69, 9.17) is 11.6 Å². The van der Waals surface area contributed by atoms with Crippen LogP contribution >= 0.6 is 22.9 Å². The van der Waals surface area contributed by atoms with Crippen molar-refractivity contribution >= 4 is 49.1 Å². The zero-order valence-corrected chi connectivity index (χ0v) is 19.9. The van der Waals surface area contributed by atoms with E-state index in [1.807, 2.05) is 16.7 Å². The summed E-state index contributed by atoms with van der Waals surface area (Å²) in [5, 5.41) is 0.581. The van der Waals surface area contributed by atoms with E-state index in [2.05, 4.69) is 11.6 Å². The summed E-state index contributed by atoms with van der Waals surface area (Å²) in [5.41, 5.74) is 1.14. The van der Waals surface area contributed by atoms with Crippen molar-refractivity contribution in [1.29, 1.82) is 0 Å². The molecule has 4 rings (SSSR count). The first kappa shape index (κ1) is 22.9. The van der Waals surface area contributed by atoms with Gasteiger partial charge in [-0.15, -0.1) is 6.58 Å². The summed E-state index contributed by atoms with van der Waals surface area (Å²) >= 11 is 7.73.